The van der Waals surface area contributed by atoms with Crippen molar-refractivity contribution in [3.8, 4) is 11.5 Å². The number of carbonyl (C=O) groups excluding carboxylic acids is 2. The fraction of sp³-hybridized carbons (Fsp3) is 0.333. The Hall–Kier alpha value is -3.02. The Morgan fingerprint density at radius 3 is 2.07 bits per heavy atom. The molecule has 2 aromatic carbocycles. The molecule has 0 unspecified atom stereocenters. The molecule has 2 aromatic rings. The first-order valence-electron chi connectivity index (χ1n) is 8.96. The minimum Gasteiger partial charge on any atom is -0.494 e. The maximum atomic E-state index is 12.7. The SMILES string of the molecule is CCOc1ccc(NC(=O)C(C)(C)C(=O)Nc2ccccc2OCC)cc1. The van der Waals surface area contributed by atoms with Gasteiger partial charge in [0.15, 0.2) is 0 Å². The van der Waals surface area contributed by atoms with Gasteiger partial charge in [0.05, 0.1) is 18.9 Å². The van der Waals surface area contributed by atoms with Crippen molar-refractivity contribution in [2.24, 2.45) is 5.41 Å². The summed E-state index contributed by atoms with van der Waals surface area (Å²) in [4.78, 5) is 25.4. The highest BCUT2D eigenvalue weighted by molar-refractivity contribution is 6.14. The Morgan fingerprint density at radius 1 is 0.852 bits per heavy atom. The van der Waals surface area contributed by atoms with Crippen LogP contribution in [0.2, 0.25) is 0 Å². The number of rotatable bonds is 8. The second-order valence-electron chi connectivity index (χ2n) is 6.42. The van der Waals surface area contributed by atoms with Gasteiger partial charge in [0.1, 0.15) is 16.9 Å². The number of carbonyl (C=O) groups is 2. The first-order chi connectivity index (χ1) is 12.9. The number of benzene rings is 2. The number of nitrogens with one attached hydrogen (secondary N) is 2. The Balaban J connectivity index is 2.07. The van der Waals surface area contributed by atoms with Crippen molar-refractivity contribution in [1.29, 1.82) is 0 Å². The van der Waals surface area contributed by atoms with Crippen molar-refractivity contribution in [1.82, 2.24) is 0 Å². The lowest BCUT2D eigenvalue weighted by molar-refractivity contribution is -0.135. The van der Waals surface area contributed by atoms with Gasteiger partial charge < -0.3 is 20.1 Å². The zero-order valence-corrected chi connectivity index (χ0v) is 16.2. The van der Waals surface area contributed by atoms with Gasteiger partial charge in [0.2, 0.25) is 11.8 Å². The summed E-state index contributed by atoms with van der Waals surface area (Å²) < 4.78 is 10.9. The Morgan fingerprint density at radius 2 is 1.44 bits per heavy atom. The van der Waals surface area contributed by atoms with Crippen molar-refractivity contribution < 1.29 is 19.1 Å². The minimum atomic E-state index is -1.28. The van der Waals surface area contributed by atoms with E-state index in [0.29, 0.717) is 30.3 Å². The molecule has 2 N–H and O–H groups in total. The summed E-state index contributed by atoms with van der Waals surface area (Å²) in [6.07, 6.45) is 0. The summed E-state index contributed by atoms with van der Waals surface area (Å²) >= 11 is 0. The first kappa shape index (κ1) is 20.3. The van der Waals surface area contributed by atoms with E-state index in [-0.39, 0.29) is 0 Å². The summed E-state index contributed by atoms with van der Waals surface area (Å²) in [5.41, 5.74) is -0.150. The zero-order chi connectivity index (χ0) is 19.9. The van der Waals surface area contributed by atoms with E-state index in [1.54, 1.807) is 56.3 Å². The van der Waals surface area contributed by atoms with Crippen LogP contribution < -0.4 is 20.1 Å². The van der Waals surface area contributed by atoms with Crippen LogP contribution in [0, 0.1) is 5.41 Å². The van der Waals surface area contributed by atoms with Gasteiger partial charge in [-0.25, -0.2) is 0 Å². The quantitative estimate of drug-likeness (QED) is 0.686. The van der Waals surface area contributed by atoms with Gasteiger partial charge in [-0.1, -0.05) is 12.1 Å². The Labute approximate surface area is 159 Å². The molecule has 0 heterocycles. The fourth-order valence-electron chi connectivity index (χ4n) is 2.32. The van der Waals surface area contributed by atoms with E-state index in [0.717, 1.165) is 5.75 Å². The van der Waals surface area contributed by atoms with E-state index in [2.05, 4.69) is 10.6 Å². The average molecular weight is 370 g/mol. The normalized spacial score (nSPS) is 10.8. The lowest BCUT2D eigenvalue weighted by Crippen LogP contribution is -2.41. The van der Waals surface area contributed by atoms with Crippen LogP contribution in [0.1, 0.15) is 27.7 Å². The topological polar surface area (TPSA) is 76.7 Å². The molecule has 6 nitrogen and oxygen atoms in total. The number of ether oxygens (including phenoxy) is 2. The fourth-order valence-corrected chi connectivity index (χ4v) is 2.32. The predicted octanol–water partition coefficient (Wildman–Crippen LogP) is 4.09. The minimum absolute atomic E-state index is 0.405. The molecule has 0 saturated carbocycles. The van der Waals surface area contributed by atoms with Crippen LogP contribution in [0.4, 0.5) is 11.4 Å². The molecule has 0 aliphatic heterocycles. The van der Waals surface area contributed by atoms with Crippen molar-refractivity contribution >= 4 is 23.2 Å². The summed E-state index contributed by atoms with van der Waals surface area (Å²) in [5.74, 6) is 0.465. The number of amides is 2. The number of hydrogen-bond acceptors (Lipinski definition) is 4. The van der Waals surface area contributed by atoms with Crippen molar-refractivity contribution in [3.63, 3.8) is 0 Å². The van der Waals surface area contributed by atoms with Gasteiger partial charge >= 0.3 is 0 Å². The van der Waals surface area contributed by atoms with Gasteiger partial charge in [-0.3, -0.25) is 9.59 Å². The standard InChI is InChI=1S/C21H26N2O4/c1-5-26-16-13-11-15(12-14-16)22-19(24)21(3,4)20(25)23-17-9-7-8-10-18(17)27-6-2/h7-14H,5-6H2,1-4H3,(H,22,24)(H,23,25). The van der Waals surface area contributed by atoms with Gasteiger partial charge in [0.25, 0.3) is 0 Å². The summed E-state index contributed by atoms with van der Waals surface area (Å²) in [6.45, 7) is 7.98. The van der Waals surface area contributed by atoms with Crippen LogP contribution in [-0.4, -0.2) is 25.0 Å². The van der Waals surface area contributed by atoms with E-state index in [1.165, 1.54) is 0 Å². The molecule has 2 rings (SSSR count). The molecule has 6 heteroatoms. The van der Waals surface area contributed by atoms with Crippen LogP contribution in [0.15, 0.2) is 48.5 Å². The van der Waals surface area contributed by atoms with E-state index < -0.39 is 17.2 Å². The van der Waals surface area contributed by atoms with E-state index in [9.17, 15) is 9.59 Å². The lowest BCUT2D eigenvalue weighted by Gasteiger charge is -2.23. The average Bonchev–Trinajstić information content (AvgIpc) is 2.65. The largest absolute Gasteiger partial charge is 0.494 e. The molecule has 0 bridgehead atoms. The molecule has 0 aromatic heterocycles. The van der Waals surface area contributed by atoms with E-state index in [1.807, 2.05) is 19.9 Å². The Kier molecular flexibility index (Phi) is 6.82. The molecule has 0 saturated heterocycles. The second kappa shape index (κ2) is 9.07. The molecule has 0 fully saturated rings. The van der Waals surface area contributed by atoms with Gasteiger partial charge in [-0.15, -0.1) is 0 Å². The third kappa shape index (κ3) is 5.23. The molecule has 0 spiro atoms. The summed E-state index contributed by atoms with van der Waals surface area (Å²) in [7, 11) is 0. The van der Waals surface area contributed by atoms with Crippen LogP contribution in [-0.2, 0) is 9.59 Å². The van der Waals surface area contributed by atoms with Gasteiger partial charge in [-0.2, -0.15) is 0 Å². The van der Waals surface area contributed by atoms with Gasteiger partial charge in [0, 0.05) is 5.69 Å². The number of para-hydroxylation sites is 2. The van der Waals surface area contributed by atoms with Crippen molar-refractivity contribution in [3.05, 3.63) is 48.5 Å². The summed E-state index contributed by atoms with van der Waals surface area (Å²) in [5, 5.41) is 5.55. The molecule has 2 amide bonds. The van der Waals surface area contributed by atoms with Crippen molar-refractivity contribution in [2.45, 2.75) is 27.7 Å². The molecule has 0 aliphatic rings. The molecule has 27 heavy (non-hydrogen) atoms. The highest BCUT2D eigenvalue weighted by Gasteiger charge is 2.36. The van der Waals surface area contributed by atoms with E-state index in [4.69, 9.17) is 9.47 Å². The number of anilines is 2. The first-order valence-corrected chi connectivity index (χ1v) is 8.96. The maximum Gasteiger partial charge on any atom is 0.239 e. The maximum absolute atomic E-state index is 12.7. The smallest absolute Gasteiger partial charge is 0.239 e. The third-order valence-electron chi connectivity index (χ3n) is 3.99. The van der Waals surface area contributed by atoms with Crippen LogP contribution in [0.3, 0.4) is 0 Å². The number of hydrogen-bond donors (Lipinski definition) is 2. The van der Waals surface area contributed by atoms with E-state index >= 15 is 0 Å². The molecule has 0 radical (unpaired) electrons. The highest BCUT2D eigenvalue weighted by Crippen LogP contribution is 2.27. The Bertz CT molecular complexity index is 785. The van der Waals surface area contributed by atoms with Crippen molar-refractivity contribution in [2.75, 3.05) is 23.8 Å². The molecular formula is C21H26N2O4. The summed E-state index contributed by atoms with van der Waals surface area (Å²) in [6, 6.07) is 14.1. The van der Waals surface area contributed by atoms with Gasteiger partial charge in [-0.05, 0) is 64.1 Å². The molecular weight excluding hydrogens is 344 g/mol. The molecule has 0 atom stereocenters. The zero-order valence-electron chi connectivity index (χ0n) is 16.2. The van der Waals surface area contributed by atoms with Crippen LogP contribution >= 0.6 is 0 Å². The molecule has 0 aliphatic carbocycles. The predicted molar refractivity (Wildman–Crippen MR) is 106 cm³/mol. The van der Waals surface area contributed by atoms with Crippen LogP contribution in [0.25, 0.3) is 0 Å². The highest BCUT2D eigenvalue weighted by atomic mass is 16.5. The van der Waals surface area contributed by atoms with Crippen LogP contribution in [0.5, 0.6) is 11.5 Å². The third-order valence-corrected chi connectivity index (χ3v) is 3.99. The lowest BCUT2D eigenvalue weighted by atomic mass is 9.90. The monoisotopic (exact) mass is 370 g/mol. The molecule has 144 valence electrons. The second-order valence-corrected chi connectivity index (χ2v) is 6.42.